The SMILES string of the molecule is O=S(=O)([O-])P(c1ccccc1)c1ccccc1.[Na+]. The van der Waals surface area contributed by atoms with Gasteiger partial charge in [-0.2, -0.15) is 0 Å². The second-order valence-electron chi connectivity index (χ2n) is 3.39. The normalized spacial score (nSPS) is 11.0. The Bertz CT molecular complexity index is 548. The van der Waals surface area contributed by atoms with Crippen molar-refractivity contribution in [3.8, 4) is 0 Å². The first-order valence-corrected chi connectivity index (χ1v) is 8.31. The van der Waals surface area contributed by atoms with Crippen LogP contribution < -0.4 is 40.2 Å². The average Bonchev–Trinajstić information content (AvgIpc) is 2.30. The fourth-order valence-corrected chi connectivity index (χ4v) is 5.51. The standard InChI is InChI=1S/C12H11O3PS.Na/c13-17(14,15)16(11-7-3-1-4-8-11)12-9-5-2-6-10-12;/h1-10H,(H,13,14,15);/q;+1/p-1. The zero-order valence-electron chi connectivity index (χ0n) is 9.85. The molecule has 0 N–H and O–H groups in total. The summed E-state index contributed by atoms with van der Waals surface area (Å²) in [6, 6.07) is 17.2. The molecule has 2 aromatic carbocycles. The van der Waals surface area contributed by atoms with Crippen molar-refractivity contribution in [2.45, 2.75) is 0 Å². The van der Waals surface area contributed by atoms with Gasteiger partial charge in [0.1, 0.15) is 9.74 Å². The van der Waals surface area contributed by atoms with E-state index in [2.05, 4.69) is 0 Å². The Balaban J connectivity index is 0.00000162. The maximum Gasteiger partial charge on any atom is 1.00 e. The molecule has 0 aliphatic rings. The Morgan fingerprint density at radius 2 is 1.11 bits per heavy atom. The molecule has 0 saturated heterocycles. The van der Waals surface area contributed by atoms with Crippen LogP contribution in [0.25, 0.3) is 0 Å². The van der Waals surface area contributed by atoms with Crippen LogP contribution in [0.1, 0.15) is 0 Å². The predicted molar refractivity (Wildman–Crippen MR) is 68.8 cm³/mol. The van der Waals surface area contributed by atoms with Crippen molar-refractivity contribution in [2.75, 3.05) is 0 Å². The molecule has 0 bridgehead atoms. The Hall–Kier alpha value is -0.220. The van der Waals surface area contributed by atoms with Crippen molar-refractivity contribution in [3.63, 3.8) is 0 Å². The second kappa shape index (κ2) is 6.80. The van der Waals surface area contributed by atoms with Gasteiger partial charge in [-0.25, -0.2) is 8.42 Å². The number of hydrogen-bond acceptors (Lipinski definition) is 3. The molecule has 2 rings (SSSR count). The molecule has 18 heavy (non-hydrogen) atoms. The number of benzene rings is 2. The van der Waals surface area contributed by atoms with Gasteiger partial charge in [-0.05, 0) is 10.6 Å². The van der Waals surface area contributed by atoms with E-state index in [0.29, 0.717) is 10.6 Å². The molecule has 0 spiro atoms. The average molecular weight is 288 g/mol. The minimum absolute atomic E-state index is 0. The molecule has 3 nitrogen and oxygen atoms in total. The Morgan fingerprint density at radius 1 is 0.778 bits per heavy atom. The maximum absolute atomic E-state index is 11.4. The molecular formula is C12H10NaO3PS. The summed E-state index contributed by atoms with van der Waals surface area (Å²) in [5.74, 6) is 0. The van der Waals surface area contributed by atoms with Gasteiger partial charge in [0.2, 0.25) is 0 Å². The molecule has 0 aliphatic carbocycles. The van der Waals surface area contributed by atoms with Crippen LogP contribution in [-0.4, -0.2) is 13.0 Å². The quantitative estimate of drug-likeness (QED) is 0.396. The Morgan fingerprint density at radius 3 is 1.39 bits per heavy atom. The summed E-state index contributed by atoms with van der Waals surface area (Å²) in [7, 11) is -6.23. The Labute approximate surface area is 130 Å². The van der Waals surface area contributed by atoms with Gasteiger partial charge in [0, 0.05) is 0 Å². The van der Waals surface area contributed by atoms with Gasteiger partial charge < -0.3 is 4.55 Å². The van der Waals surface area contributed by atoms with Gasteiger partial charge in [0.15, 0.2) is 0 Å². The van der Waals surface area contributed by atoms with Crippen molar-refractivity contribution in [1.29, 1.82) is 0 Å². The third kappa shape index (κ3) is 3.89. The molecule has 0 saturated carbocycles. The van der Waals surface area contributed by atoms with Gasteiger partial charge in [-0.1, -0.05) is 60.7 Å². The molecule has 0 unspecified atom stereocenters. The minimum atomic E-state index is -4.36. The van der Waals surface area contributed by atoms with Gasteiger partial charge in [-0.15, -0.1) is 0 Å². The fraction of sp³-hybridized carbons (Fsp3) is 0. The first-order valence-electron chi connectivity index (χ1n) is 4.95. The second-order valence-corrected chi connectivity index (χ2v) is 8.31. The van der Waals surface area contributed by atoms with E-state index in [9.17, 15) is 13.0 Å². The molecule has 0 amide bonds. The van der Waals surface area contributed by atoms with E-state index >= 15 is 0 Å². The zero-order chi connectivity index (χ0) is 12.3. The van der Waals surface area contributed by atoms with Crippen molar-refractivity contribution >= 4 is 27.5 Å². The maximum atomic E-state index is 11.4. The van der Waals surface area contributed by atoms with Crippen molar-refractivity contribution < 1.29 is 42.5 Å². The van der Waals surface area contributed by atoms with Crippen LogP contribution in [-0.2, 0) is 9.74 Å². The van der Waals surface area contributed by atoms with Gasteiger partial charge in [0.05, 0.1) is 7.12 Å². The monoisotopic (exact) mass is 288 g/mol. The molecule has 2 aromatic rings. The molecule has 6 heteroatoms. The summed E-state index contributed by atoms with van der Waals surface area (Å²) in [5, 5.41) is 1.12. The van der Waals surface area contributed by atoms with E-state index in [1.54, 1.807) is 60.7 Å². The molecule has 0 aliphatic heterocycles. The van der Waals surface area contributed by atoms with Crippen LogP contribution in [0, 0.1) is 0 Å². The molecule has 0 radical (unpaired) electrons. The van der Waals surface area contributed by atoms with E-state index in [1.165, 1.54) is 0 Å². The molecule has 0 aromatic heterocycles. The van der Waals surface area contributed by atoms with Crippen molar-refractivity contribution in [1.82, 2.24) is 0 Å². The first-order chi connectivity index (χ1) is 8.09. The van der Waals surface area contributed by atoms with Crippen LogP contribution in [0.15, 0.2) is 60.7 Å². The van der Waals surface area contributed by atoms with Crippen LogP contribution in [0.5, 0.6) is 0 Å². The molecule has 0 fully saturated rings. The predicted octanol–water partition coefficient (Wildman–Crippen LogP) is -1.42. The van der Waals surface area contributed by atoms with Crippen molar-refractivity contribution in [2.24, 2.45) is 0 Å². The van der Waals surface area contributed by atoms with Gasteiger partial charge >= 0.3 is 29.6 Å². The topological polar surface area (TPSA) is 57.2 Å². The van der Waals surface area contributed by atoms with E-state index in [1.807, 2.05) is 0 Å². The first kappa shape index (κ1) is 15.8. The summed E-state index contributed by atoms with van der Waals surface area (Å²) >= 11 is 0. The van der Waals surface area contributed by atoms with E-state index in [0.717, 1.165) is 0 Å². The van der Waals surface area contributed by atoms with Crippen molar-refractivity contribution in [3.05, 3.63) is 60.7 Å². The van der Waals surface area contributed by atoms with Crippen LogP contribution in [0.3, 0.4) is 0 Å². The van der Waals surface area contributed by atoms with Crippen LogP contribution in [0.2, 0.25) is 0 Å². The third-order valence-corrected chi connectivity index (χ3v) is 6.79. The third-order valence-electron chi connectivity index (χ3n) is 2.21. The van der Waals surface area contributed by atoms with Crippen LogP contribution >= 0.6 is 7.12 Å². The molecule has 0 heterocycles. The summed E-state index contributed by atoms with van der Waals surface area (Å²) < 4.78 is 34.2. The largest absolute Gasteiger partial charge is 1.00 e. The Kier molecular flexibility index (Phi) is 5.99. The molecule has 88 valence electrons. The van der Waals surface area contributed by atoms with Crippen LogP contribution in [0.4, 0.5) is 0 Å². The molecule has 0 atom stereocenters. The van der Waals surface area contributed by atoms with Gasteiger partial charge in [-0.3, -0.25) is 0 Å². The summed E-state index contributed by atoms with van der Waals surface area (Å²) in [4.78, 5) is 0. The summed E-state index contributed by atoms with van der Waals surface area (Å²) in [6.07, 6.45) is 0. The van der Waals surface area contributed by atoms with E-state index in [4.69, 9.17) is 0 Å². The minimum Gasteiger partial charge on any atom is -0.744 e. The number of hydrogen-bond donors (Lipinski definition) is 0. The molecular weight excluding hydrogens is 278 g/mol. The zero-order valence-corrected chi connectivity index (χ0v) is 13.6. The van der Waals surface area contributed by atoms with Gasteiger partial charge in [0.25, 0.3) is 0 Å². The number of rotatable bonds is 3. The summed E-state index contributed by atoms with van der Waals surface area (Å²) in [5.41, 5.74) is 0. The summed E-state index contributed by atoms with van der Waals surface area (Å²) in [6.45, 7) is 0. The van der Waals surface area contributed by atoms with E-state index in [-0.39, 0.29) is 29.6 Å². The van der Waals surface area contributed by atoms with E-state index < -0.39 is 16.9 Å². The smallest absolute Gasteiger partial charge is 0.744 e. The fourth-order valence-electron chi connectivity index (χ4n) is 1.53.